The van der Waals surface area contributed by atoms with Gasteiger partial charge in [0.15, 0.2) is 0 Å². The van der Waals surface area contributed by atoms with Crippen LogP contribution in [0.1, 0.15) is 34.6 Å². The summed E-state index contributed by atoms with van der Waals surface area (Å²) < 4.78 is 0. The van der Waals surface area contributed by atoms with E-state index in [1.807, 2.05) is 7.05 Å². The predicted molar refractivity (Wildman–Crippen MR) is 56.3 cm³/mol. The molecule has 0 fully saturated rings. The lowest BCUT2D eigenvalue weighted by molar-refractivity contribution is 0.351. The topological polar surface area (TPSA) is 12.0 Å². The summed E-state index contributed by atoms with van der Waals surface area (Å²) in [5.41, 5.74) is 1.39. The highest BCUT2D eigenvalue weighted by Crippen LogP contribution is 2.16. The molecule has 1 nitrogen and oxygen atoms in total. The zero-order valence-corrected chi connectivity index (χ0v) is 9.31. The van der Waals surface area contributed by atoms with Gasteiger partial charge in [-0.15, -0.1) is 0 Å². The predicted octanol–water partition coefficient (Wildman–Crippen LogP) is 2.83. The zero-order valence-electron chi connectivity index (χ0n) is 9.31. The average molecular weight is 169 g/mol. The molecule has 0 aromatic heterocycles. The summed E-state index contributed by atoms with van der Waals surface area (Å²) >= 11 is 0. The molecule has 2 atom stereocenters. The van der Waals surface area contributed by atoms with Gasteiger partial charge in [0.25, 0.3) is 0 Å². The highest BCUT2D eigenvalue weighted by molar-refractivity contribution is 5.02. The number of likely N-dealkylation sites (N-methyl/N-ethyl adjacent to an activating group) is 1. The lowest BCUT2D eigenvalue weighted by Gasteiger charge is -2.24. The first kappa shape index (κ1) is 11.7. The molecule has 0 amide bonds. The van der Waals surface area contributed by atoms with Gasteiger partial charge in [-0.2, -0.15) is 0 Å². The van der Waals surface area contributed by atoms with E-state index >= 15 is 0 Å². The Labute approximate surface area is 77.2 Å². The van der Waals surface area contributed by atoms with Crippen molar-refractivity contribution in [1.29, 1.82) is 0 Å². The van der Waals surface area contributed by atoms with Gasteiger partial charge in [0.2, 0.25) is 0 Å². The van der Waals surface area contributed by atoms with E-state index in [4.69, 9.17) is 0 Å². The fraction of sp³-hybridized carbons (Fsp3) is 0.818. The smallest absolute Gasteiger partial charge is 0.0277 e. The maximum absolute atomic E-state index is 3.34. The summed E-state index contributed by atoms with van der Waals surface area (Å²) in [5, 5.41) is 3.34. The van der Waals surface area contributed by atoms with Crippen LogP contribution in [0.15, 0.2) is 11.6 Å². The van der Waals surface area contributed by atoms with Crippen molar-refractivity contribution >= 4 is 0 Å². The zero-order chi connectivity index (χ0) is 9.72. The minimum Gasteiger partial charge on any atom is -0.313 e. The molecule has 0 rings (SSSR count). The van der Waals surface area contributed by atoms with Gasteiger partial charge in [-0.3, -0.25) is 0 Å². The maximum atomic E-state index is 3.34. The Morgan fingerprint density at radius 1 is 1.17 bits per heavy atom. The average Bonchev–Trinajstić information content (AvgIpc) is 1.98. The first-order valence-corrected chi connectivity index (χ1v) is 4.81. The molecule has 12 heavy (non-hydrogen) atoms. The van der Waals surface area contributed by atoms with Crippen LogP contribution in [0.5, 0.6) is 0 Å². The molecule has 0 aliphatic heterocycles. The Morgan fingerprint density at radius 2 is 1.67 bits per heavy atom. The molecule has 0 saturated carbocycles. The minimum absolute atomic E-state index is 0.523. The minimum atomic E-state index is 0.523. The molecule has 0 aromatic rings. The van der Waals surface area contributed by atoms with Crippen LogP contribution in [0.3, 0.4) is 0 Å². The normalized spacial score (nSPS) is 15.9. The van der Waals surface area contributed by atoms with Crippen LogP contribution in [0.4, 0.5) is 0 Å². The molecule has 0 bridgehead atoms. The molecule has 2 unspecified atom stereocenters. The molecule has 0 heterocycles. The molecule has 0 radical (unpaired) electrons. The Hall–Kier alpha value is -0.300. The standard InChI is InChI=1S/C11H23N/c1-8(2)7-11(12-6)10(5)9(3)4/h7,9-12H,1-6H3. The Balaban J connectivity index is 4.24. The summed E-state index contributed by atoms with van der Waals surface area (Å²) in [7, 11) is 2.03. The van der Waals surface area contributed by atoms with Gasteiger partial charge < -0.3 is 5.32 Å². The van der Waals surface area contributed by atoms with Crippen molar-refractivity contribution < 1.29 is 0 Å². The van der Waals surface area contributed by atoms with E-state index in [9.17, 15) is 0 Å². The van der Waals surface area contributed by atoms with E-state index in [1.54, 1.807) is 0 Å². The second-order valence-corrected chi connectivity index (χ2v) is 4.16. The van der Waals surface area contributed by atoms with Crippen molar-refractivity contribution in [3.63, 3.8) is 0 Å². The Kier molecular flexibility index (Phi) is 5.23. The van der Waals surface area contributed by atoms with Crippen LogP contribution in [0, 0.1) is 11.8 Å². The number of allylic oxidation sites excluding steroid dienone is 1. The van der Waals surface area contributed by atoms with Gasteiger partial charge in [0.05, 0.1) is 0 Å². The molecular formula is C11H23N. The van der Waals surface area contributed by atoms with Crippen molar-refractivity contribution in [2.45, 2.75) is 40.7 Å². The van der Waals surface area contributed by atoms with E-state index in [0.29, 0.717) is 12.0 Å². The maximum Gasteiger partial charge on any atom is 0.0277 e. The van der Waals surface area contributed by atoms with Crippen LogP contribution in [0.2, 0.25) is 0 Å². The monoisotopic (exact) mass is 169 g/mol. The molecular weight excluding hydrogens is 146 g/mol. The summed E-state index contributed by atoms with van der Waals surface area (Å²) in [6, 6.07) is 0.523. The summed E-state index contributed by atoms with van der Waals surface area (Å²) in [6.45, 7) is 11.1. The van der Waals surface area contributed by atoms with Crippen molar-refractivity contribution in [2.24, 2.45) is 11.8 Å². The lowest BCUT2D eigenvalue weighted by atomic mass is 9.89. The first-order chi connectivity index (χ1) is 5.49. The molecule has 0 aliphatic rings. The van der Waals surface area contributed by atoms with Gasteiger partial charge in [-0.05, 0) is 32.7 Å². The van der Waals surface area contributed by atoms with E-state index in [-0.39, 0.29) is 0 Å². The van der Waals surface area contributed by atoms with Crippen molar-refractivity contribution in [1.82, 2.24) is 5.32 Å². The highest BCUT2D eigenvalue weighted by Gasteiger charge is 2.15. The van der Waals surface area contributed by atoms with E-state index in [0.717, 1.165) is 5.92 Å². The summed E-state index contributed by atoms with van der Waals surface area (Å²) in [6.07, 6.45) is 2.31. The third kappa shape index (κ3) is 3.91. The van der Waals surface area contributed by atoms with Gasteiger partial charge in [-0.1, -0.05) is 32.4 Å². The Morgan fingerprint density at radius 3 is 1.92 bits per heavy atom. The molecule has 1 heteroatoms. The molecule has 0 aromatic carbocycles. The molecule has 1 N–H and O–H groups in total. The second kappa shape index (κ2) is 5.36. The SMILES string of the molecule is CNC(C=C(C)C)C(C)C(C)C. The highest BCUT2D eigenvalue weighted by atomic mass is 14.9. The van der Waals surface area contributed by atoms with Gasteiger partial charge in [0.1, 0.15) is 0 Å². The molecule has 0 spiro atoms. The van der Waals surface area contributed by atoms with Crippen molar-refractivity contribution in [2.75, 3.05) is 7.05 Å². The van der Waals surface area contributed by atoms with Crippen molar-refractivity contribution in [3.05, 3.63) is 11.6 Å². The quantitative estimate of drug-likeness (QED) is 0.638. The second-order valence-electron chi connectivity index (χ2n) is 4.16. The van der Waals surface area contributed by atoms with Gasteiger partial charge in [-0.25, -0.2) is 0 Å². The van der Waals surface area contributed by atoms with Crippen LogP contribution in [-0.4, -0.2) is 13.1 Å². The largest absolute Gasteiger partial charge is 0.313 e. The number of rotatable bonds is 4. The van der Waals surface area contributed by atoms with E-state index < -0.39 is 0 Å². The number of hydrogen-bond donors (Lipinski definition) is 1. The van der Waals surface area contributed by atoms with Crippen LogP contribution < -0.4 is 5.32 Å². The molecule has 72 valence electrons. The third-order valence-corrected chi connectivity index (χ3v) is 2.46. The lowest BCUT2D eigenvalue weighted by Crippen LogP contribution is -2.33. The fourth-order valence-corrected chi connectivity index (χ4v) is 1.27. The first-order valence-electron chi connectivity index (χ1n) is 4.81. The van der Waals surface area contributed by atoms with E-state index in [2.05, 4.69) is 46.0 Å². The number of hydrogen-bond acceptors (Lipinski definition) is 1. The summed E-state index contributed by atoms with van der Waals surface area (Å²) in [4.78, 5) is 0. The van der Waals surface area contributed by atoms with Crippen LogP contribution in [-0.2, 0) is 0 Å². The molecule has 0 aliphatic carbocycles. The van der Waals surface area contributed by atoms with E-state index in [1.165, 1.54) is 5.57 Å². The fourth-order valence-electron chi connectivity index (χ4n) is 1.27. The van der Waals surface area contributed by atoms with Crippen LogP contribution >= 0.6 is 0 Å². The third-order valence-electron chi connectivity index (χ3n) is 2.46. The van der Waals surface area contributed by atoms with Gasteiger partial charge >= 0.3 is 0 Å². The number of nitrogens with one attached hydrogen (secondary N) is 1. The van der Waals surface area contributed by atoms with Gasteiger partial charge in [0, 0.05) is 6.04 Å². The van der Waals surface area contributed by atoms with Crippen LogP contribution in [0.25, 0.3) is 0 Å². The summed E-state index contributed by atoms with van der Waals surface area (Å²) in [5.74, 6) is 1.43. The molecule has 0 saturated heterocycles. The Bertz CT molecular complexity index is 143. The van der Waals surface area contributed by atoms with Crippen molar-refractivity contribution in [3.8, 4) is 0 Å².